The molecule has 0 bridgehead atoms. The van der Waals surface area contributed by atoms with Gasteiger partial charge in [0.05, 0.1) is 16.7 Å². The van der Waals surface area contributed by atoms with Gasteiger partial charge in [-0.15, -0.1) is 4.91 Å². The number of carbonyl (C=O) groups is 3. The van der Waals surface area contributed by atoms with Crippen LogP contribution in [0.2, 0.25) is 0 Å². The van der Waals surface area contributed by atoms with Crippen molar-refractivity contribution in [2.24, 2.45) is 5.18 Å². The third-order valence-electron chi connectivity index (χ3n) is 5.32. The number of imide groups is 1. The summed E-state index contributed by atoms with van der Waals surface area (Å²) in [5.41, 5.74) is 1.51. The molecule has 142 valence electrons. The van der Waals surface area contributed by atoms with E-state index in [0.717, 1.165) is 0 Å². The van der Waals surface area contributed by atoms with Crippen molar-refractivity contribution in [3.05, 3.63) is 70.1 Å². The van der Waals surface area contributed by atoms with Crippen LogP contribution in [0.5, 0.6) is 0 Å². The number of hydrogen-bond donors (Lipinski definition) is 0. The first-order valence-corrected chi connectivity index (χ1v) is 9.20. The van der Waals surface area contributed by atoms with E-state index in [2.05, 4.69) is 5.18 Å². The largest absolute Gasteiger partial charge is 0.459 e. The highest BCUT2D eigenvalue weighted by Gasteiger charge is 2.41. The van der Waals surface area contributed by atoms with Gasteiger partial charge in [0.2, 0.25) is 0 Å². The van der Waals surface area contributed by atoms with Crippen LogP contribution in [0.3, 0.4) is 0 Å². The smallest absolute Gasteiger partial charge is 0.338 e. The van der Waals surface area contributed by atoms with Crippen molar-refractivity contribution < 1.29 is 19.1 Å². The maximum atomic E-state index is 12.6. The summed E-state index contributed by atoms with van der Waals surface area (Å²) in [6.07, 6.45) is 2.09. The second kappa shape index (κ2) is 7.34. The maximum Gasteiger partial charge on any atom is 0.338 e. The Hall–Kier alpha value is -3.35. The van der Waals surface area contributed by atoms with Crippen molar-refractivity contribution in [3.8, 4) is 0 Å². The van der Waals surface area contributed by atoms with Crippen molar-refractivity contribution in [1.29, 1.82) is 0 Å². The van der Waals surface area contributed by atoms with Gasteiger partial charge in [-0.2, -0.15) is 0 Å². The van der Waals surface area contributed by atoms with Gasteiger partial charge in [-0.1, -0.05) is 12.1 Å². The molecule has 1 saturated carbocycles. The normalized spacial score (nSPS) is 21.4. The molecular weight excluding hydrogens is 360 g/mol. The second-order valence-electron chi connectivity index (χ2n) is 7.00. The van der Waals surface area contributed by atoms with Crippen LogP contribution < -0.4 is 0 Å². The first-order valence-electron chi connectivity index (χ1n) is 9.20. The fourth-order valence-electron chi connectivity index (χ4n) is 3.84. The van der Waals surface area contributed by atoms with E-state index in [9.17, 15) is 19.3 Å². The average molecular weight is 378 g/mol. The molecule has 4 rings (SSSR count). The maximum absolute atomic E-state index is 12.6. The molecule has 0 N–H and O–H groups in total. The van der Waals surface area contributed by atoms with Gasteiger partial charge in [0, 0.05) is 6.04 Å². The molecule has 0 spiro atoms. The van der Waals surface area contributed by atoms with E-state index in [4.69, 9.17) is 4.74 Å². The number of rotatable bonds is 4. The van der Waals surface area contributed by atoms with E-state index in [1.54, 1.807) is 24.3 Å². The highest BCUT2D eigenvalue weighted by Crippen LogP contribution is 2.32. The molecule has 1 aliphatic heterocycles. The third-order valence-corrected chi connectivity index (χ3v) is 5.32. The number of benzene rings is 2. The monoisotopic (exact) mass is 378 g/mol. The number of esters is 1. The van der Waals surface area contributed by atoms with Crippen LogP contribution in [0.15, 0.2) is 53.7 Å². The summed E-state index contributed by atoms with van der Waals surface area (Å²) in [5.74, 6) is -0.948. The van der Waals surface area contributed by atoms with Crippen molar-refractivity contribution in [2.45, 2.75) is 37.8 Å². The van der Waals surface area contributed by atoms with Gasteiger partial charge in [0.25, 0.3) is 11.8 Å². The molecule has 1 heterocycles. The van der Waals surface area contributed by atoms with Crippen molar-refractivity contribution >= 4 is 23.5 Å². The minimum Gasteiger partial charge on any atom is -0.459 e. The molecule has 2 amide bonds. The molecule has 1 aliphatic carbocycles. The summed E-state index contributed by atoms with van der Waals surface area (Å²) in [6.45, 7) is 0. The van der Waals surface area contributed by atoms with Gasteiger partial charge >= 0.3 is 5.97 Å². The van der Waals surface area contributed by atoms with E-state index in [1.165, 1.54) is 29.2 Å². The molecule has 7 heteroatoms. The van der Waals surface area contributed by atoms with E-state index in [-0.39, 0.29) is 29.6 Å². The molecule has 2 aromatic carbocycles. The second-order valence-corrected chi connectivity index (χ2v) is 7.00. The van der Waals surface area contributed by atoms with Gasteiger partial charge in [0.1, 0.15) is 11.8 Å². The fraction of sp³-hybridized carbons (Fsp3) is 0.286. The SMILES string of the molecule is O=Nc1ccc(C(=O)OC2CCC(N3C(=O)c4ccccc4C3=O)CC2)cc1. The highest BCUT2D eigenvalue weighted by molar-refractivity contribution is 6.21. The predicted molar refractivity (Wildman–Crippen MR) is 100 cm³/mol. The topological polar surface area (TPSA) is 93.1 Å². The lowest BCUT2D eigenvalue weighted by molar-refractivity contribution is 0.0114. The van der Waals surface area contributed by atoms with E-state index in [1.807, 2.05) is 0 Å². The van der Waals surface area contributed by atoms with Crippen LogP contribution in [-0.4, -0.2) is 34.8 Å². The Morgan fingerprint density at radius 2 is 1.46 bits per heavy atom. The Bertz CT molecular complexity index is 911. The zero-order chi connectivity index (χ0) is 19.7. The van der Waals surface area contributed by atoms with Crippen LogP contribution in [-0.2, 0) is 4.74 Å². The number of nitrogens with zero attached hydrogens (tertiary/aromatic N) is 2. The number of hydrogen-bond acceptors (Lipinski definition) is 6. The summed E-state index contributed by atoms with van der Waals surface area (Å²) in [7, 11) is 0. The van der Waals surface area contributed by atoms with Crippen LogP contribution >= 0.6 is 0 Å². The highest BCUT2D eigenvalue weighted by atomic mass is 16.5. The van der Waals surface area contributed by atoms with Crippen LogP contribution in [0.4, 0.5) is 5.69 Å². The molecule has 0 aromatic heterocycles. The number of ether oxygens (including phenoxy) is 1. The predicted octanol–water partition coefficient (Wildman–Crippen LogP) is 3.85. The fourth-order valence-corrected chi connectivity index (χ4v) is 3.84. The molecule has 0 atom stereocenters. The standard InChI is InChI=1S/C21H18N2O5/c24-19-17-3-1-2-4-18(17)20(25)23(19)15-9-11-16(12-10-15)28-21(26)13-5-7-14(22-27)8-6-13/h1-8,15-16H,9-12H2. The number of fused-ring (bicyclic) bond motifs is 1. The van der Waals surface area contributed by atoms with Crippen molar-refractivity contribution in [3.63, 3.8) is 0 Å². The van der Waals surface area contributed by atoms with Gasteiger partial charge in [0.15, 0.2) is 0 Å². The van der Waals surface area contributed by atoms with Gasteiger partial charge in [-0.3, -0.25) is 14.5 Å². The summed E-state index contributed by atoms with van der Waals surface area (Å²) >= 11 is 0. The molecule has 2 aliphatic rings. The average Bonchev–Trinajstić information content (AvgIpc) is 2.99. The molecule has 2 aromatic rings. The first kappa shape index (κ1) is 18.0. The Kier molecular flexibility index (Phi) is 4.73. The minimum atomic E-state index is -0.457. The van der Waals surface area contributed by atoms with Crippen molar-refractivity contribution in [1.82, 2.24) is 4.90 Å². The van der Waals surface area contributed by atoms with Gasteiger partial charge < -0.3 is 4.74 Å². The zero-order valence-corrected chi connectivity index (χ0v) is 15.0. The lowest BCUT2D eigenvalue weighted by Gasteiger charge is -2.33. The quantitative estimate of drug-likeness (QED) is 0.458. The lowest BCUT2D eigenvalue weighted by Crippen LogP contribution is -2.43. The van der Waals surface area contributed by atoms with E-state index in [0.29, 0.717) is 42.4 Å². The van der Waals surface area contributed by atoms with Crippen molar-refractivity contribution in [2.75, 3.05) is 0 Å². The third kappa shape index (κ3) is 3.19. The minimum absolute atomic E-state index is 0.180. The summed E-state index contributed by atoms with van der Waals surface area (Å²) < 4.78 is 5.54. The molecule has 7 nitrogen and oxygen atoms in total. The Labute approximate surface area is 161 Å². The zero-order valence-electron chi connectivity index (χ0n) is 15.0. The van der Waals surface area contributed by atoms with Gasteiger partial charge in [-0.25, -0.2) is 4.79 Å². The van der Waals surface area contributed by atoms with Gasteiger partial charge in [-0.05, 0) is 67.3 Å². The molecule has 0 radical (unpaired) electrons. The van der Waals surface area contributed by atoms with E-state index < -0.39 is 5.97 Å². The Morgan fingerprint density at radius 1 is 0.893 bits per heavy atom. The number of carbonyl (C=O) groups excluding carboxylic acids is 3. The molecular formula is C21H18N2O5. The van der Waals surface area contributed by atoms with Crippen LogP contribution in [0.1, 0.15) is 56.8 Å². The lowest BCUT2D eigenvalue weighted by atomic mass is 9.91. The molecule has 0 saturated heterocycles. The summed E-state index contributed by atoms with van der Waals surface area (Å²) in [6, 6.07) is 12.6. The molecule has 1 fully saturated rings. The first-order chi connectivity index (χ1) is 13.6. The Morgan fingerprint density at radius 3 is 2.00 bits per heavy atom. The Balaban J connectivity index is 1.36. The molecule has 28 heavy (non-hydrogen) atoms. The number of nitroso groups, excluding NO2 is 1. The summed E-state index contributed by atoms with van der Waals surface area (Å²) in [5, 5.41) is 2.80. The van der Waals surface area contributed by atoms with Crippen LogP contribution in [0, 0.1) is 4.91 Å². The molecule has 0 unspecified atom stereocenters. The summed E-state index contributed by atoms with van der Waals surface area (Å²) in [4.78, 5) is 49.2. The van der Waals surface area contributed by atoms with E-state index >= 15 is 0 Å². The number of amides is 2. The van der Waals surface area contributed by atoms with Crippen LogP contribution in [0.25, 0.3) is 0 Å².